The molecule has 0 N–H and O–H groups in total. The summed E-state index contributed by atoms with van der Waals surface area (Å²) < 4.78 is 5.40. The minimum Gasteiger partial charge on any atom is -0.378 e. The smallest absolute Gasteiger partial charge is 0.0642 e. The molecule has 1 saturated heterocycles. The Kier molecular flexibility index (Phi) is 4.46. The summed E-state index contributed by atoms with van der Waals surface area (Å²) in [4.78, 5) is 2.49. The molecular formula is C14H23NO. The van der Waals surface area contributed by atoms with E-state index in [4.69, 9.17) is 4.74 Å². The van der Waals surface area contributed by atoms with E-state index in [1.54, 1.807) is 5.57 Å². The Balaban J connectivity index is 1.93. The van der Waals surface area contributed by atoms with E-state index >= 15 is 0 Å². The summed E-state index contributed by atoms with van der Waals surface area (Å²) in [6.07, 6.45) is 11.2. The Bertz CT molecular complexity index is 274. The van der Waals surface area contributed by atoms with Crippen LogP contribution in [0.4, 0.5) is 0 Å². The number of rotatable bonds is 4. The number of hydrogen-bond acceptors (Lipinski definition) is 2. The van der Waals surface area contributed by atoms with Crippen LogP contribution in [0, 0.1) is 0 Å². The molecule has 0 aromatic heterocycles. The lowest BCUT2D eigenvalue weighted by atomic mass is 10.1. The maximum atomic E-state index is 5.40. The van der Waals surface area contributed by atoms with E-state index in [0.29, 0.717) is 0 Å². The average Bonchev–Trinajstić information content (AvgIpc) is 2.79. The third-order valence-corrected chi connectivity index (χ3v) is 3.38. The molecule has 0 spiro atoms. The summed E-state index contributed by atoms with van der Waals surface area (Å²) in [5, 5.41) is 0. The zero-order valence-electron chi connectivity index (χ0n) is 10.4. The zero-order chi connectivity index (χ0) is 11.2. The fourth-order valence-electron chi connectivity index (χ4n) is 2.45. The molecule has 0 aromatic carbocycles. The van der Waals surface area contributed by atoms with Crippen LogP contribution in [0.1, 0.15) is 39.0 Å². The van der Waals surface area contributed by atoms with Gasteiger partial charge < -0.3 is 9.64 Å². The number of hydrogen-bond donors (Lipinski definition) is 0. The molecule has 0 unspecified atom stereocenters. The van der Waals surface area contributed by atoms with Gasteiger partial charge in [-0.05, 0) is 24.8 Å². The average molecular weight is 221 g/mol. The first-order valence-electron chi connectivity index (χ1n) is 6.64. The maximum absolute atomic E-state index is 5.40. The molecule has 1 fully saturated rings. The van der Waals surface area contributed by atoms with Crippen LogP contribution in [0.15, 0.2) is 23.4 Å². The monoisotopic (exact) mass is 221 g/mol. The van der Waals surface area contributed by atoms with Crippen LogP contribution in [0.5, 0.6) is 0 Å². The molecule has 2 aliphatic rings. The van der Waals surface area contributed by atoms with Crippen LogP contribution >= 0.6 is 0 Å². The first-order chi connectivity index (χ1) is 7.92. The first kappa shape index (κ1) is 11.7. The highest BCUT2D eigenvalue weighted by atomic mass is 16.5. The van der Waals surface area contributed by atoms with Crippen molar-refractivity contribution in [2.24, 2.45) is 0 Å². The molecule has 0 atom stereocenters. The topological polar surface area (TPSA) is 12.5 Å². The van der Waals surface area contributed by atoms with Crippen molar-refractivity contribution >= 4 is 0 Å². The number of unbranched alkanes of at least 4 members (excludes halogenated alkanes) is 2. The molecule has 1 aliphatic carbocycles. The van der Waals surface area contributed by atoms with Crippen LogP contribution in [0.25, 0.3) is 0 Å². The summed E-state index contributed by atoms with van der Waals surface area (Å²) in [6, 6.07) is 0. The molecule has 1 heterocycles. The molecule has 0 radical (unpaired) electrons. The molecule has 0 saturated carbocycles. The maximum Gasteiger partial charge on any atom is 0.0642 e. The van der Waals surface area contributed by atoms with E-state index in [1.807, 2.05) is 0 Å². The predicted molar refractivity (Wildman–Crippen MR) is 67.3 cm³/mol. The Morgan fingerprint density at radius 3 is 2.94 bits per heavy atom. The number of ether oxygens (including phenoxy) is 1. The second-order valence-corrected chi connectivity index (χ2v) is 4.60. The van der Waals surface area contributed by atoms with Crippen molar-refractivity contribution in [3.05, 3.63) is 23.4 Å². The van der Waals surface area contributed by atoms with Crippen LogP contribution in [-0.2, 0) is 4.74 Å². The molecular weight excluding hydrogens is 198 g/mol. The van der Waals surface area contributed by atoms with Crippen molar-refractivity contribution < 1.29 is 4.74 Å². The van der Waals surface area contributed by atoms with Gasteiger partial charge in [-0.15, -0.1) is 0 Å². The van der Waals surface area contributed by atoms with Crippen LogP contribution < -0.4 is 0 Å². The van der Waals surface area contributed by atoms with Crippen molar-refractivity contribution in [3.8, 4) is 0 Å². The van der Waals surface area contributed by atoms with E-state index in [2.05, 4.69) is 24.0 Å². The van der Waals surface area contributed by atoms with Crippen molar-refractivity contribution in [3.63, 3.8) is 0 Å². The molecule has 16 heavy (non-hydrogen) atoms. The summed E-state index contributed by atoms with van der Waals surface area (Å²) in [6.45, 7) is 6.17. The fraction of sp³-hybridized carbons (Fsp3) is 0.714. The summed E-state index contributed by atoms with van der Waals surface area (Å²) in [5.74, 6) is 0. The van der Waals surface area contributed by atoms with Gasteiger partial charge >= 0.3 is 0 Å². The van der Waals surface area contributed by atoms with Crippen LogP contribution in [-0.4, -0.2) is 31.2 Å². The van der Waals surface area contributed by atoms with Gasteiger partial charge in [0.1, 0.15) is 0 Å². The van der Waals surface area contributed by atoms with Crippen molar-refractivity contribution in [1.82, 2.24) is 4.90 Å². The van der Waals surface area contributed by atoms with Gasteiger partial charge in [-0.25, -0.2) is 0 Å². The molecule has 90 valence electrons. The number of morpholine rings is 1. The molecule has 1 aliphatic heterocycles. The van der Waals surface area contributed by atoms with Crippen LogP contribution in [0.2, 0.25) is 0 Å². The molecule has 2 nitrogen and oxygen atoms in total. The largest absolute Gasteiger partial charge is 0.378 e. The van der Waals surface area contributed by atoms with Gasteiger partial charge in [0.05, 0.1) is 13.2 Å². The first-order valence-corrected chi connectivity index (χ1v) is 6.64. The summed E-state index contributed by atoms with van der Waals surface area (Å²) in [7, 11) is 0. The quantitative estimate of drug-likeness (QED) is 0.676. The van der Waals surface area contributed by atoms with Gasteiger partial charge in [0, 0.05) is 18.8 Å². The molecule has 0 amide bonds. The second kappa shape index (κ2) is 6.09. The summed E-state index contributed by atoms with van der Waals surface area (Å²) in [5.41, 5.74) is 3.08. The molecule has 0 bridgehead atoms. The third-order valence-electron chi connectivity index (χ3n) is 3.38. The van der Waals surface area contributed by atoms with Crippen LogP contribution in [0.3, 0.4) is 0 Å². The van der Waals surface area contributed by atoms with E-state index in [1.165, 1.54) is 37.8 Å². The Morgan fingerprint density at radius 2 is 2.19 bits per heavy atom. The Hall–Kier alpha value is -0.760. The standard InChI is InChI=1S/C14H23NO/c1-2-3-4-6-13-7-5-8-14(13)15-9-11-16-12-10-15/h6,8H,2-5,7,9-12H2,1H3/b13-6-. The highest BCUT2D eigenvalue weighted by molar-refractivity contribution is 5.35. The van der Waals surface area contributed by atoms with Gasteiger partial charge in [0.2, 0.25) is 0 Å². The van der Waals surface area contributed by atoms with Crippen molar-refractivity contribution in [2.45, 2.75) is 39.0 Å². The second-order valence-electron chi connectivity index (χ2n) is 4.60. The number of nitrogens with zero attached hydrogens (tertiary/aromatic N) is 1. The normalized spacial score (nSPS) is 23.9. The predicted octanol–water partition coefficient (Wildman–Crippen LogP) is 3.11. The number of allylic oxidation sites excluding steroid dienone is 3. The van der Waals surface area contributed by atoms with E-state index in [0.717, 1.165) is 26.3 Å². The van der Waals surface area contributed by atoms with E-state index < -0.39 is 0 Å². The van der Waals surface area contributed by atoms with Gasteiger partial charge in [-0.2, -0.15) is 0 Å². The fourth-order valence-corrected chi connectivity index (χ4v) is 2.45. The molecule has 0 aromatic rings. The third kappa shape index (κ3) is 2.88. The minimum absolute atomic E-state index is 0.888. The Labute approximate surface area is 99.0 Å². The molecule has 2 heteroatoms. The lowest BCUT2D eigenvalue weighted by molar-refractivity contribution is 0.0549. The highest BCUT2D eigenvalue weighted by Gasteiger charge is 2.19. The summed E-state index contributed by atoms with van der Waals surface area (Å²) >= 11 is 0. The molecule has 2 rings (SSSR count). The van der Waals surface area contributed by atoms with Gasteiger partial charge in [-0.1, -0.05) is 31.9 Å². The Morgan fingerprint density at radius 1 is 1.38 bits per heavy atom. The lowest BCUT2D eigenvalue weighted by Crippen LogP contribution is -2.35. The SMILES string of the molecule is CCCC/C=C1/CCC=C1N1CCOCC1. The van der Waals surface area contributed by atoms with Gasteiger partial charge in [-0.3, -0.25) is 0 Å². The van der Waals surface area contributed by atoms with Gasteiger partial charge in [0.25, 0.3) is 0 Å². The highest BCUT2D eigenvalue weighted by Crippen LogP contribution is 2.29. The van der Waals surface area contributed by atoms with Crippen molar-refractivity contribution in [2.75, 3.05) is 26.3 Å². The lowest BCUT2D eigenvalue weighted by Gasteiger charge is -2.30. The van der Waals surface area contributed by atoms with E-state index in [9.17, 15) is 0 Å². The van der Waals surface area contributed by atoms with Gasteiger partial charge in [0.15, 0.2) is 0 Å². The zero-order valence-corrected chi connectivity index (χ0v) is 10.4. The van der Waals surface area contributed by atoms with Crippen molar-refractivity contribution in [1.29, 1.82) is 0 Å². The van der Waals surface area contributed by atoms with E-state index in [-0.39, 0.29) is 0 Å². The minimum atomic E-state index is 0.888.